The Kier molecular flexibility index (Phi) is 3.33. The number of aromatic nitrogens is 2. The number of benzene rings is 1. The zero-order chi connectivity index (χ0) is 14.0. The summed E-state index contributed by atoms with van der Waals surface area (Å²) in [5.74, 6) is -1.56. The largest absolute Gasteiger partial charge is 0.480 e. The van der Waals surface area contributed by atoms with Crippen molar-refractivity contribution in [2.45, 2.75) is 13.5 Å². The summed E-state index contributed by atoms with van der Waals surface area (Å²) in [6.07, 6.45) is 0. The lowest BCUT2D eigenvalue weighted by Crippen LogP contribution is -2.25. The van der Waals surface area contributed by atoms with Crippen molar-refractivity contribution in [2.24, 2.45) is 0 Å². The summed E-state index contributed by atoms with van der Waals surface area (Å²) in [6, 6.07) is 8.38. The number of ketones is 1. The predicted molar refractivity (Wildman–Crippen MR) is 67.3 cm³/mol. The predicted octanol–water partition coefficient (Wildman–Crippen LogP) is 0.800. The van der Waals surface area contributed by atoms with Crippen molar-refractivity contribution in [3.63, 3.8) is 0 Å². The molecule has 6 heteroatoms. The summed E-state index contributed by atoms with van der Waals surface area (Å²) in [6.45, 7) is 1.07. The Balaban J connectivity index is 2.46. The summed E-state index contributed by atoms with van der Waals surface area (Å²) in [5, 5.41) is 11.3. The molecular weight excluding hydrogens is 248 g/mol. The number of rotatable bonds is 4. The van der Waals surface area contributed by atoms with Crippen molar-refractivity contribution in [2.75, 3.05) is 0 Å². The number of nitrogens with zero attached hydrogens (tertiary/aromatic N) is 1. The summed E-state index contributed by atoms with van der Waals surface area (Å²) in [4.78, 5) is 34.8. The summed E-state index contributed by atoms with van der Waals surface area (Å²) < 4.78 is 0.911. The van der Waals surface area contributed by atoms with Crippen molar-refractivity contribution in [1.82, 2.24) is 9.78 Å². The molecule has 0 radical (unpaired) electrons. The molecule has 0 aliphatic rings. The van der Waals surface area contributed by atoms with E-state index in [9.17, 15) is 14.4 Å². The van der Waals surface area contributed by atoms with E-state index in [0.29, 0.717) is 11.3 Å². The van der Waals surface area contributed by atoms with Gasteiger partial charge in [-0.15, -0.1) is 0 Å². The molecule has 98 valence electrons. The molecule has 19 heavy (non-hydrogen) atoms. The van der Waals surface area contributed by atoms with E-state index in [2.05, 4.69) is 5.10 Å². The van der Waals surface area contributed by atoms with Crippen molar-refractivity contribution in [3.8, 4) is 0 Å². The lowest BCUT2D eigenvalue weighted by molar-refractivity contribution is -0.137. The molecule has 0 saturated carbocycles. The van der Waals surface area contributed by atoms with Crippen LogP contribution in [0.15, 0.2) is 35.1 Å². The van der Waals surface area contributed by atoms with Crippen molar-refractivity contribution < 1.29 is 14.7 Å². The molecule has 1 heterocycles. The smallest absolute Gasteiger partial charge is 0.325 e. The van der Waals surface area contributed by atoms with Gasteiger partial charge in [-0.05, 0) is 6.92 Å². The molecule has 0 unspecified atom stereocenters. The Morgan fingerprint density at radius 2 is 1.89 bits per heavy atom. The fraction of sp³-hybridized carbons (Fsp3) is 0.154. The van der Waals surface area contributed by atoms with Crippen LogP contribution in [0, 0.1) is 6.92 Å². The maximum Gasteiger partial charge on any atom is 0.325 e. The van der Waals surface area contributed by atoms with Gasteiger partial charge < -0.3 is 5.11 Å². The number of H-pyrrole nitrogens is 1. The maximum atomic E-state index is 12.2. The standard InChI is InChI=1S/C13H12N2O4/c1-8-11(12(18)9-5-3-2-4-6-9)13(19)15(14-8)7-10(16)17/h2-6,14H,7H2,1H3,(H,16,17). The van der Waals surface area contributed by atoms with Gasteiger partial charge in [0.1, 0.15) is 12.1 Å². The van der Waals surface area contributed by atoms with E-state index >= 15 is 0 Å². The molecule has 2 aromatic rings. The van der Waals surface area contributed by atoms with Crippen LogP contribution in [0.2, 0.25) is 0 Å². The van der Waals surface area contributed by atoms with Gasteiger partial charge in [0, 0.05) is 11.3 Å². The quantitative estimate of drug-likeness (QED) is 0.795. The van der Waals surface area contributed by atoms with Crippen LogP contribution >= 0.6 is 0 Å². The third kappa shape index (κ3) is 2.47. The number of hydrogen-bond donors (Lipinski definition) is 2. The third-order valence-corrected chi connectivity index (χ3v) is 2.69. The van der Waals surface area contributed by atoms with Crippen LogP contribution in [-0.2, 0) is 11.3 Å². The number of carbonyl (C=O) groups excluding carboxylic acids is 1. The Bertz CT molecular complexity index is 682. The number of aryl methyl sites for hydroxylation is 1. The molecule has 1 aromatic carbocycles. The first kappa shape index (κ1) is 12.8. The van der Waals surface area contributed by atoms with Crippen molar-refractivity contribution >= 4 is 11.8 Å². The van der Waals surface area contributed by atoms with Crippen molar-refractivity contribution in [3.05, 3.63) is 57.5 Å². The molecule has 2 rings (SSSR count). The number of carbonyl (C=O) groups is 2. The second-order valence-electron chi connectivity index (χ2n) is 4.09. The lowest BCUT2D eigenvalue weighted by atomic mass is 10.0. The topological polar surface area (TPSA) is 92.2 Å². The van der Waals surface area contributed by atoms with Gasteiger partial charge in [-0.3, -0.25) is 19.5 Å². The lowest BCUT2D eigenvalue weighted by Gasteiger charge is -1.97. The highest BCUT2D eigenvalue weighted by Gasteiger charge is 2.20. The van der Waals surface area contributed by atoms with Crippen LogP contribution in [0.3, 0.4) is 0 Å². The van der Waals surface area contributed by atoms with Crippen LogP contribution in [0.5, 0.6) is 0 Å². The van der Waals surface area contributed by atoms with E-state index in [-0.39, 0.29) is 5.56 Å². The Hall–Kier alpha value is -2.63. The zero-order valence-corrected chi connectivity index (χ0v) is 10.2. The summed E-state index contributed by atoms with van der Waals surface area (Å²) >= 11 is 0. The summed E-state index contributed by atoms with van der Waals surface area (Å²) in [5.41, 5.74) is 0.116. The normalized spacial score (nSPS) is 10.4. The molecule has 2 N–H and O–H groups in total. The molecule has 0 aliphatic heterocycles. The Labute approximate surface area is 108 Å². The van der Waals surface area contributed by atoms with Crippen LogP contribution in [-0.4, -0.2) is 26.6 Å². The van der Waals surface area contributed by atoms with Gasteiger partial charge in [0.25, 0.3) is 5.56 Å². The van der Waals surface area contributed by atoms with Gasteiger partial charge in [-0.25, -0.2) is 4.68 Å². The first-order chi connectivity index (χ1) is 9.00. The molecule has 0 saturated heterocycles. The molecule has 0 amide bonds. The van der Waals surface area contributed by atoms with Gasteiger partial charge in [-0.2, -0.15) is 0 Å². The average Bonchev–Trinajstić information content (AvgIpc) is 2.64. The highest BCUT2D eigenvalue weighted by molar-refractivity contribution is 6.09. The third-order valence-electron chi connectivity index (χ3n) is 2.69. The Morgan fingerprint density at radius 1 is 1.26 bits per heavy atom. The number of carboxylic acid groups (broad SMARTS) is 1. The molecule has 0 aliphatic carbocycles. The fourth-order valence-corrected chi connectivity index (χ4v) is 1.85. The van der Waals surface area contributed by atoms with Crippen LogP contribution in [0.1, 0.15) is 21.6 Å². The number of carboxylic acids is 1. The summed E-state index contributed by atoms with van der Waals surface area (Å²) in [7, 11) is 0. The highest BCUT2D eigenvalue weighted by Crippen LogP contribution is 2.09. The fourth-order valence-electron chi connectivity index (χ4n) is 1.85. The molecule has 0 atom stereocenters. The van der Waals surface area contributed by atoms with E-state index in [4.69, 9.17) is 5.11 Å². The molecule has 0 spiro atoms. The second-order valence-corrected chi connectivity index (χ2v) is 4.09. The first-order valence-corrected chi connectivity index (χ1v) is 5.61. The SMILES string of the molecule is Cc1[nH]n(CC(=O)O)c(=O)c1C(=O)c1ccccc1. The molecule has 0 bridgehead atoms. The highest BCUT2D eigenvalue weighted by atomic mass is 16.4. The molecule has 0 fully saturated rings. The van der Waals surface area contributed by atoms with E-state index in [1.165, 1.54) is 0 Å². The monoisotopic (exact) mass is 260 g/mol. The van der Waals surface area contributed by atoms with E-state index < -0.39 is 23.9 Å². The van der Waals surface area contributed by atoms with Gasteiger partial charge in [0.15, 0.2) is 5.78 Å². The maximum absolute atomic E-state index is 12.2. The minimum atomic E-state index is -1.15. The Morgan fingerprint density at radius 3 is 2.47 bits per heavy atom. The number of hydrogen-bond acceptors (Lipinski definition) is 3. The average molecular weight is 260 g/mol. The van der Waals surface area contributed by atoms with Gasteiger partial charge in [0.05, 0.1) is 0 Å². The first-order valence-electron chi connectivity index (χ1n) is 5.61. The van der Waals surface area contributed by atoms with Gasteiger partial charge in [-0.1, -0.05) is 30.3 Å². The van der Waals surface area contributed by atoms with Gasteiger partial charge in [0.2, 0.25) is 0 Å². The van der Waals surface area contributed by atoms with Gasteiger partial charge >= 0.3 is 5.97 Å². The van der Waals surface area contributed by atoms with E-state index in [0.717, 1.165) is 4.68 Å². The minimum absolute atomic E-state index is 0.0209. The van der Waals surface area contributed by atoms with Crippen molar-refractivity contribution in [1.29, 1.82) is 0 Å². The van der Waals surface area contributed by atoms with Crippen LogP contribution in [0.4, 0.5) is 0 Å². The number of aliphatic carboxylic acids is 1. The number of aromatic amines is 1. The molecule has 1 aromatic heterocycles. The van der Waals surface area contributed by atoms with E-state index in [1.54, 1.807) is 37.3 Å². The second kappa shape index (κ2) is 4.93. The molecular formula is C13H12N2O4. The van der Waals surface area contributed by atoms with E-state index in [1.807, 2.05) is 0 Å². The number of nitrogens with one attached hydrogen (secondary N) is 1. The zero-order valence-electron chi connectivity index (χ0n) is 10.2. The molecule has 6 nitrogen and oxygen atoms in total. The van der Waals surface area contributed by atoms with Crippen LogP contribution < -0.4 is 5.56 Å². The van der Waals surface area contributed by atoms with Crippen LogP contribution in [0.25, 0.3) is 0 Å². The minimum Gasteiger partial charge on any atom is -0.480 e.